The van der Waals surface area contributed by atoms with E-state index in [-0.39, 0.29) is 0 Å². The summed E-state index contributed by atoms with van der Waals surface area (Å²) in [4.78, 5) is 0. The quantitative estimate of drug-likeness (QED) is 0.586. The van der Waals surface area contributed by atoms with Crippen LogP contribution in [0.4, 0.5) is 0 Å². The average Bonchev–Trinajstić information content (AvgIpc) is 2.42. The Morgan fingerprint density at radius 3 is 1.27 bits per heavy atom. The van der Waals surface area contributed by atoms with Crippen molar-refractivity contribution in [2.45, 2.75) is 27.7 Å². The number of benzene rings is 2. The van der Waals surface area contributed by atoms with Crippen LogP contribution in [-0.4, -0.2) is 14.2 Å². The minimum atomic E-state index is 0.920. The van der Waals surface area contributed by atoms with E-state index in [1.54, 1.807) is 14.2 Å². The van der Waals surface area contributed by atoms with Gasteiger partial charge in [0.25, 0.3) is 0 Å². The van der Waals surface area contributed by atoms with Gasteiger partial charge in [-0.3, -0.25) is 0 Å². The monoisotopic (exact) mass is 426 g/mol. The fourth-order valence-electron chi connectivity index (χ4n) is 3.07. The number of methoxy groups -OCH3 is 2. The molecular formula is C18H20Br2O2. The van der Waals surface area contributed by atoms with Crippen molar-refractivity contribution < 1.29 is 9.47 Å². The Kier molecular flexibility index (Phi) is 5.23. The highest BCUT2D eigenvalue weighted by Gasteiger charge is 2.20. The minimum absolute atomic E-state index is 0.920. The Morgan fingerprint density at radius 1 is 0.682 bits per heavy atom. The maximum absolute atomic E-state index is 5.59. The van der Waals surface area contributed by atoms with Gasteiger partial charge in [0.15, 0.2) is 0 Å². The normalized spacial score (nSPS) is 10.7. The number of aryl methyl sites for hydroxylation is 2. The minimum Gasteiger partial charge on any atom is -0.496 e. The summed E-state index contributed by atoms with van der Waals surface area (Å²) < 4.78 is 13.3. The lowest BCUT2D eigenvalue weighted by Crippen LogP contribution is -1.99. The highest BCUT2D eigenvalue weighted by atomic mass is 79.9. The summed E-state index contributed by atoms with van der Waals surface area (Å²) in [6.45, 7) is 8.28. The molecular weight excluding hydrogens is 408 g/mol. The van der Waals surface area contributed by atoms with Gasteiger partial charge in [0.05, 0.1) is 14.2 Å². The van der Waals surface area contributed by atoms with Crippen molar-refractivity contribution in [3.63, 3.8) is 0 Å². The molecule has 0 aromatic heterocycles. The van der Waals surface area contributed by atoms with Crippen LogP contribution in [0.15, 0.2) is 21.1 Å². The highest BCUT2D eigenvalue weighted by molar-refractivity contribution is 9.11. The maximum Gasteiger partial charge on any atom is 0.125 e. The summed E-state index contributed by atoms with van der Waals surface area (Å²) in [7, 11) is 3.43. The number of rotatable bonds is 3. The molecule has 0 aliphatic carbocycles. The fraction of sp³-hybridized carbons (Fsp3) is 0.333. The van der Waals surface area contributed by atoms with Crippen molar-refractivity contribution in [2.24, 2.45) is 0 Å². The second-order valence-corrected chi connectivity index (χ2v) is 7.13. The van der Waals surface area contributed by atoms with E-state index in [4.69, 9.17) is 9.47 Å². The van der Waals surface area contributed by atoms with Crippen LogP contribution in [0.25, 0.3) is 11.1 Å². The van der Waals surface area contributed by atoms with Gasteiger partial charge in [-0.1, -0.05) is 31.9 Å². The molecule has 2 rings (SSSR count). The van der Waals surface area contributed by atoms with Crippen molar-refractivity contribution >= 4 is 31.9 Å². The molecule has 0 heterocycles. The molecule has 0 spiro atoms. The van der Waals surface area contributed by atoms with E-state index in [0.29, 0.717) is 0 Å². The second-order valence-electron chi connectivity index (χ2n) is 5.42. The summed E-state index contributed by atoms with van der Waals surface area (Å²) in [5, 5.41) is 0. The number of halogens is 2. The van der Waals surface area contributed by atoms with E-state index in [0.717, 1.165) is 53.8 Å². The first-order chi connectivity index (χ1) is 10.3. The zero-order chi connectivity index (χ0) is 16.6. The van der Waals surface area contributed by atoms with Crippen LogP contribution in [-0.2, 0) is 0 Å². The Balaban J connectivity index is 2.89. The standard InChI is InChI=1S/C18H20Br2O2/c1-9-7-13(19)15(11(3)17(9)21-5)16-12(4)18(22-6)10(2)8-14(16)20/h7-8H,1-6H3. The van der Waals surface area contributed by atoms with Crippen molar-refractivity contribution in [1.29, 1.82) is 0 Å². The third kappa shape index (κ3) is 2.79. The van der Waals surface area contributed by atoms with Gasteiger partial charge >= 0.3 is 0 Å². The molecule has 0 saturated carbocycles. The molecule has 0 radical (unpaired) electrons. The first-order valence-electron chi connectivity index (χ1n) is 7.01. The van der Waals surface area contributed by atoms with Gasteiger partial charge in [-0.25, -0.2) is 0 Å². The molecule has 0 saturated heterocycles. The predicted octanol–water partition coefficient (Wildman–Crippen LogP) is 6.13. The van der Waals surface area contributed by atoms with E-state index in [1.165, 1.54) is 0 Å². The van der Waals surface area contributed by atoms with E-state index in [1.807, 2.05) is 0 Å². The van der Waals surface area contributed by atoms with Gasteiger partial charge in [-0.05, 0) is 51.0 Å². The second kappa shape index (κ2) is 6.63. The SMILES string of the molecule is COc1c(C)cc(Br)c(-c2c(Br)cc(C)c(OC)c2C)c1C. The van der Waals surface area contributed by atoms with E-state index in [2.05, 4.69) is 71.7 Å². The highest BCUT2D eigenvalue weighted by Crippen LogP contribution is 2.45. The topological polar surface area (TPSA) is 18.5 Å². The third-order valence-electron chi connectivity index (χ3n) is 3.97. The summed E-state index contributed by atoms with van der Waals surface area (Å²) in [5.41, 5.74) is 6.72. The smallest absolute Gasteiger partial charge is 0.125 e. The molecule has 2 aromatic rings. The average molecular weight is 428 g/mol. The Morgan fingerprint density at radius 2 is 1.00 bits per heavy atom. The third-order valence-corrected chi connectivity index (χ3v) is 5.22. The van der Waals surface area contributed by atoms with Gasteiger partial charge < -0.3 is 9.47 Å². The van der Waals surface area contributed by atoms with Crippen LogP contribution in [0.1, 0.15) is 22.3 Å². The number of ether oxygens (including phenoxy) is 2. The van der Waals surface area contributed by atoms with Gasteiger partial charge in [0.1, 0.15) is 11.5 Å². The largest absolute Gasteiger partial charge is 0.496 e. The Labute approximate surface area is 149 Å². The van der Waals surface area contributed by atoms with E-state index in [9.17, 15) is 0 Å². The van der Waals surface area contributed by atoms with Gasteiger partial charge in [-0.2, -0.15) is 0 Å². The predicted molar refractivity (Wildman–Crippen MR) is 99.3 cm³/mol. The molecule has 0 unspecified atom stereocenters. The molecule has 4 heteroatoms. The van der Waals surface area contributed by atoms with Gasteiger partial charge in [0, 0.05) is 31.2 Å². The fourth-order valence-corrected chi connectivity index (χ4v) is 4.75. The van der Waals surface area contributed by atoms with Crippen LogP contribution in [0.3, 0.4) is 0 Å². The first-order valence-corrected chi connectivity index (χ1v) is 8.59. The van der Waals surface area contributed by atoms with Crippen LogP contribution in [0, 0.1) is 27.7 Å². The van der Waals surface area contributed by atoms with Gasteiger partial charge in [0.2, 0.25) is 0 Å². The van der Waals surface area contributed by atoms with Crippen molar-refractivity contribution in [3.8, 4) is 22.6 Å². The number of hydrogen-bond acceptors (Lipinski definition) is 2. The van der Waals surface area contributed by atoms with E-state index >= 15 is 0 Å². The maximum atomic E-state index is 5.59. The molecule has 22 heavy (non-hydrogen) atoms. The molecule has 118 valence electrons. The molecule has 0 amide bonds. The zero-order valence-corrected chi connectivity index (χ0v) is 16.9. The summed E-state index contributed by atoms with van der Waals surface area (Å²) in [6.07, 6.45) is 0. The molecule has 0 atom stereocenters. The first kappa shape index (κ1) is 17.4. The molecule has 2 aromatic carbocycles. The Bertz CT molecular complexity index is 673. The lowest BCUT2D eigenvalue weighted by Gasteiger charge is -2.20. The molecule has 0 bridgehead atoms. The molecule has 0 fully saturated rings. The zero-order valence-electron chi connectivity index (χ0n) is 13.7. The van der Waals surface area contributed by atoms with Crippen molar-refractivity contribution in [3.05, 3.63) is 43.3 Å². The van der Waals surface area contributed by atoms with Crippen molar-refractivity contribution in [2.75, 3.05) is 14.2 Å². The summed E-state index contributed by atoms with van der Waals surface area (Å²) in [5.74, 6) is 1.84. The molecule has 0 aliphatic rings. The van der Waals surface area contributed by atoms with E-state index < -0.39 is 0 Å². The summed E-state index contributed by atoms with van der Waals surface area (Å²) in [6, 6.07) is 4.19. The van der Waals surface area contributed by atoms with Crippen molar-refractivity contribution in [1.82, 2.24) is 0 Å². The summed E-state index contributed by atoms with van der Waals surface area (Å²) >= 11 is 7.43. The lowest BCUT2D eigenvalue weighted by atomic mass is 9.92. The van der Waals surface area contributed by atoms with Crippen LogP contribution in [0.2, 0.25) is 0 Å². The number of hydrogen-bond donors (Lipinski definition) is 0. The van der Waals surface area contributed by atoms with Crippen LogP contribution in [0.5, 0.6) is 11.5 Å². The molecule has 0 aliphatic heterocycles. The lowest BCUT2D eigenvalue weighted by molar-refractivity contribution is 0.408. The van der Waals surface area contributed by atoms with Gasteiger partial charge in [-0.15, -0.1) is 0 Å². The van der Waals surface area contributed by atoms with Crippen LogP contribution < -0.4 is 9.47 Å². The Hall–Kier alpha value is -1.00. The van der Waals surface area contributed by atoms with Crippen LogP contribution >= 0.6 is 31.9 Å². The molecule has 0 N–H and O–H groups in total. The molecule has 2 nitrogen and oxygen atoms in total.